The lowest BCUT2D eigenvalue weighted by atomic mass is 10.3. The van der Waals surface area contributed by atoms with Crippen LogP contribution in [0.25, 0.3) is 0 Å². The Morgan fingerprint density at radius 1 is 1.77 bits per heavy atom. The molecule has 0 spiro atoms. The molecule has 2 heterocycles. The lowest BCUT2D eigenvalue weighted by Gasteiger charge is -2.23. The molecule has 13 heavy (non-hydrogen) atoms. The van der Waals surface area contributed by atoms with Crippen molar-refractivity contribution in [3.05, 3.63) is 6.33 Å². The van der Waals surface area contributed by atoms with Crippen LogP contribution >= 0.6 is 11.5 Å². The van der Waals surface area contributed by atoms with E-state index in [4.69, 9.17) is 4.74 Å². The minimum absolute atomic E-state index is 0.248. The second-order valence-electron chi connectivity index (χ2n) is 2.82. The molecular weight excluding hydrogens is 188 g/mol. The van der Waals surface area contributed by atoms with E-state index >= 15 is 0 Å². The van der Waals surface area contributed by atoms with E-state index in [9.17, 15) is 0 Å². The van der Waals surface area contributed by atoms with Gasteiger partial charge < -0.3 is 15.4 Å². The molecule has 0 aromatic carbocycles. The van der Waals surface area contributed by atoms with Crippen molar-refractivity contribution in [2.75, 3.05) is 31.6 Å². The maximum Gasteiger partial charge on any atom is 0.202 e. The minimum Gasteiger partial charge on any atom is -0.374 e. The Hall–Kier alpha value is -0.720. The van der Waals surface area contributed by atoms with Crippen molar-refractivity contribution >= 4 is 16.7 Å². The molecule has 1 aromatic heterocycles. The van der Waals surface area contributed by atoms with Gasteiger partial charge in [-0.2, -0.15) is 4.37 Å². The van der Waals surface area contributed by atoms with Gasteiger partial charge in [0.05, 0.1) is 12.7 Å². The first-order valence-electron chi connectivity index (χ1n) is 4.28. The Bertz CT molecular complexity index is 235. The molecule has 2 rings (SSSR count). The Kier molecular flexibility index (Phi) is 3.07. The summed E-state index contributed by atoms with van der Waals surface area (Å²) in [7, 11) is 0. The first-order chi connectivity index (χ1) is 6.45. The number of rotatable bonds is 3. The third kappa shape index (κ3) is 2.61. The van der Waals surface area contributed by atoms with Gasteiger partial charge in [-0.25, -0.2) is 4.98 Å². The minimum atomic E-state index is 0.248. The lowest BCUT2D eigenvalue weighted by molar-refractivity contribution is 0.0372. The van der Waals surface area contributed by atoms with Gasteiger partial charge in [0, 0.05) is 31.2 Å². The quantitative estimate of drug-likeness (QED) is 0.715. The zero-order valence-electron chi connectivity index (χ0n) is 7.19. The molecule has 5 nitrogen and oxygen atoms in total. The Balaban J connectivity index is 1.72. The Labute approximate surface area is 80.7 Å². The van der Waals surface area contributed by atoms with E-state index in [0.717, 1.165) is 31.4 Å². The summed E-state index contributed by atoms with van der Waals surface area (Å²) in [5.41, 5.74) is 0. The third-order valence-corrected chi connectivity index (χ3v) is 2.47. The summed E-state index contributed by atoms with van der Waals surface area (Å²) in [5, 5.41) is 7.30. The fourth-order valence-electron chi connectivity index (χ4n) is 1.20. The molecule has 1 aliphatic rings. The van der Waals surface area contributed by atoms with Gasteiger partial charge in [0.15, 0.2) is 0 Å². The molecule has 0 amide bonds. The molecule has 2 N–H and O–H groups in total. The van der Waals surface area contributed by atoms with Gasteiger partial charge in [-0.15, -0.1) is 0 Å². The van der Waals surface area contributed by atoms with Crippen LogP contribution in [0.4, 0.5) is 5.13 Å². The molecule has 1 atom stereocenters. The standard InChI is InChI=1S/C7H12N4OS/c1-2-12-6(3-8-1)4-9-7-10-5-11-13-7/h5-6,8H,1-4H2,(H,9,10,11). The Morgan fingerprint density at radius 3 is 3.46 bits per heavy atom. The summed E-state index contributed by atoms with van der Waals surface area (Å²) in [4.78, 5) is 4.02. The lowest BCUT2D eigenvalue weighted by Crippen LogP contribution is -2.42. The average molecular weight is 200 g/mol. The number of ether oxygens (including phenoxy) is 1. The van der Waals surface area contributed by atoms with E-state index in [2.05, 4.69) is 20.0 Å². The second kappa shape index (κ2) is 4.50. The molecule has 6 heteroatoms. The highest BCUT2D eigenvalue weighted by Gasteiger charge is 2.12. The second-order valence-corrected chi connectivity index (χ2v) is 3.60. The fraction of sp³-hybridized carbons (Fsp3) is 0.714. The smallest absolute Gasteiger partial charge is 0.202 e. The van der Waals surface area contributed by atoms with Gasteiger partial charge in [0.25, 0.3) is 0 Å². The molecule has 1 saturated heterocycles. The zero-order chi connectivity index (χ0) is 8.93. The molecular formula is C7H12N4OS. The van der Waals surface area contributed by atoms with Crippen LogP contribution < -0.4 is 10.6 Å². The van der Waals surface area contributed by atoms with Gasteiger partial charge in [-0.05, 0) is 0 Å². The van der Waals surface area contributed by atoms with Crippen LogP contribution in [0.2, 0.25) is 0 Å². The molecule has 1 fully saturated rings. The number of nitrogens with zero attached hydrogens (tertiary/aromatic N) is 2. The van der Waals surface area contributed by atoms with Crippen molar-refractivity contribution in [1.82, 2.24) is 14.7 Å². The summed E-state index contributed by atoms with van der Waals surface area (Å²) < 4.78 is 9.41. The zero-order valence-corrected chi connectivity index (χ0v) is 8.01. The van der Waals surface area contributed by atoms with E-state index in [-0.39, 0.29) is 6.10 Å². The highest BCUT2D eigenvalue weighted by Crippen LogP contribution is 2.07. The van der Waals surface area contributed by atoms with Crippen molar-refractivity contribution in [3.63, 3.8) is 0 Å². The third-order valence-electron chi connectivity index (χ3n) is 1.85. The summed E-state index contributed by atoms with van der Waals surface area (Å²) in [5.74, 6) is 0. The number of nitrogens with one attached hydrogen (secondary N) is 2. The van der Waals surface area contributed by atoms with Gasteiger partial charge in [0.1, 0.15) is 6.33 Å². The summed E-state index contributed by atoms with van der Waals surface area (Å²) in [6, 6.07) is 0. The van der Waals surface area contributed by atoms with E-state index in [1.54, 1.807) is 6.33 Å². The van der Waals surface area contributed by atoms with Crippen LogP contribution in [0, 0.1) is 0 Å². The fourth-order valence-corrected chi connectivity index (χ4v) is 1.64. The van der Waals surface area contributed by atoms with Crippen molar-refractivity contribution < 1.29 is 4.74 Å². The monoisotopic (exact) mass is 200 g/mol. The van der Waals surface area contributed by atoms with Crippen LogP contribution in [-0.2, 0) is 4.74 Å². The largest absolute Gasteiger partial charge is 0.374 e. The molecule has 1 unspecified atom stereocenters. The van der Waals surface area contributed by atoms with Crippen LogP contribution in [0.5, 0.6) is 0 Å². The first kappa shape index (κ1) is 8.86. The average Bonchev–Trinajstić information content (AvgIpc) is 2.69. The summed E-state index contributed by atoms with van der Waals surface area (Å²) in [6.45, 7) is 3.45. The highest BCUT2D eigenvalue weighted by atomic mass is 32.1. The van der Waals surface area contributed by atoms with Gasteiger partial charge in [0.2, 0.25) is 5.13 Å². The highest BCUT2D eigenvalue weighted by molar-refractivity contribution is 7.09. The number of hydrogen-bond acceptors (Lipinski definition) is 6. The number of morpholine rings is 1. The Morgan fingerprint density at radius 2 is 2.77 bits per heavy atom. The topological polar surface area (TPSA) is 59.1 Å². The SMILES string of the molecule is c1nsc(NCC2CNCCO2)n1. The molecule has 0 saturated carbocycles. The van der Waals surface area contributed by atoms with E-state index in [0.29, 0.717) is 0 Å². The number of hydrogen-bond donors (Lipinski definition) is 2. The predicted molar refractivity (Wildman–Crippen MR) is 51.0 cm³/mol. The van der Waals surface area contributed by atoms with Crippen molar-refractivity contribution in [1.29, 1.82) is 0 Å². The van der Waals surface area contributed by atoms with E-state index < -0.39 is 0 Å². The number of anilines is 1. The molecule has 0 radical (unpaired) electrons. The van der Waals surface area contributed by atoms with Gasteiger partial charge >= 0.3 is 0 Å². The van der Waals surface area contributed by atoms with E-state index in [1.165, 1.54) is 11.5 Å². The molecule has 1 aromatic rings. The normalized spacial score (nSPS) is 22.9. The van der Waals surface area contributed by atoms with Crippen LogP contribution in [-0.4, -0.2) is 41.7 Å². The molecule has 0 bridgehead atoms. The maximum absolute atomic E-state index is 5.51. The van der Waals surface area contributed by atoms with Crippen LogP contribution in [0.15, 0.2) is 6.33 Å². The molecule has 72 valence electrons. The molecule has 0 aliphatic carbocycles. The van der Waals surface area contributed by atoms with Crippen molar-refractivity contribution in [2.45, 2.75) is 6.10 Å². The van der Waals surface area contributed by atoms with E-state index in [1.807, 2.05) is 0 Å². The van der Waals surface area contributed by atoms with Gasteiger partial charge in [-0.3, -0.25) is 0 Å². The molecule has 1 aliphatic heterocycles. The van der Waals surface area contributed by atoms with Crippen LogP contribution in [0.1, 0.15) is 0 Å². The summed E-state index contributed by atoms with van der Waals surface area (Å²) >= 11 is 1.36. The van der Waals surface area contributed by atoms with Crippen molar-refractivity contribution in [2.24, 2.45) is 0 Å². The van der Waals surface area contributed by atoms with Crippen LogP contribution in [0.3, 0.4) is 0 Å². The maximum atomic E-state index is 5.51. The predicted octanol–water partition coefficient (Wildman–Crippen LogP) is -0.0616. The number of aromatic nitrogens is 2. The first-order valence-corrected chi connectivity index (χ1v) is 5.05. The summed E-state index contributed by atoms with van der Waals surface area (Å²) in [6.07, 6.45) is 1.80. The van der Waals surface area contributed by atoms with Crippen molar-refractivity contribution in [3.8, 4) is 0 Å². The van der Waals surface area contributed by atoms with Gasteiger partial charge in [-0.1, -0.05) is 0 Å².